The number of nitro groups is 1. The molecule has 0 radical (unpaired) electrons. The Labute approximate surface area is 194 Å². The summed E-state index contributed by atoms with van der Waals surface area (Å²) in [7, 11) is 1.46. The third-order valence-electron chi connectivity index (χ3n) is 4.90. The number of benzene rings is 2. The molecule has 1 atom stereocenters. The molecule has 0 unspecified atom stereocenters. The zero-order valence-corrected chi connectivity index (χ0v) is 19.0. The Hall–Kier alpha value is -3.31. The van der Waals surface area contributed by atoms with Gasteiger partial charge in [-0.15, -0.1) is 0 Å². The average Bonchev–Trinajstić information content (AvgIpc) is 2.84. The summed E-state index contributed by atoms with van der Waals surface area (Å²) in [6.07, 6.45) is 2.23. The topological polar surface area (TPSA) is 126 Å². The molecular weight excluding hydrogens is 452 g/mol. The van der Waals surface area contributed by atoms with Gasteiger partial charge in [0.05, 0.1) is 24.2 Å². The summed E-state index contributed by atoms with van der Waals surface area (Å²) in [4.78, 5) is 36.4. The highest BCUT2D eigenvalue weighted by Crippen LogP contribution is 2.33. The minimum absolute atomic E-state index is 0.00291. The van der Waals surface area contributed by atoms with Crippen molar-refractivity contribution in [2.75, 3.05) is 25.9 Å². The molecule has 0 spiro atoms. The fraction of sp³-hybridized carbons (Fsp3) is 0.364. The van der Waals surface area contributed by atoms with Crippen molar-refractivity contribution in [2.24, 2.45) is 0 Å². The molecule has 1 aliphatic rings. The number of fused-ring (bicyclic) bond motifs is 1. The maximum Gasteiger partial charge on any atom is 0.329 e. The Bertz CT molecular complexity index is 1030. The molecule has 1 N–H and O–H groups in total. The second kappa shape index (κ2) is 11.5. The van der Waals surface area contributed by atoms with Crippen LogP contribution in [0.2, 0.25) is 0 Å². The van der Waals surface area contributed by atoms with E-state index in [0.717, 1.165) is 0 Å². The zero-order chi connectivity index (χ0) is 23.8. The minimum Gasteiger partial charge on any atom is -0.496 e. The quantitative estimate of drug-likeness (QED) is 0.313. The standard InChI is InChI=1S/C22H24N2O8S/c1-29-19-6-4-3-5-17(19)21(25)23-18(7-8-33-2)22(26)31-12-15-10-16(24(27)28)9-14-11-30-13-32-20(14)15/h3-6,9-10,18H,7-8,11-13H2,1-2H3,(H,23,25)/t18-/m0/s1. The SMILES string of the molecule is COc1ccccc1C(=O)N[C@@H](CCSC)C(=O)OCc1cc([N+](=O)[O-])cc2c1OCOC2. The maximum absolute atomic E-state index is 12.9. The number of carbonyl (C=O) groups excluding carboxylic acids is 2. The van der Waals surface area contributed by atoms with Crippen molar-refractivity contribution in [1.82, 2.24) is 5.32 Å². The van der Waals surface area contributed by atoms with E-state index in [0.29, 0.717) is 40.4 Å². The van der Waals surface area contributed by atoms with Crippen LogP contribution in [0.4, 0.5) is 5.69 Å². The minimum atomic E-state index is -0.909. The van der Waals surface area contributed by atoms with Gasteiger partial charge in [0.2, 0.25) is 0 Å². The fourth-order valence-electron chi connectivity index (χ4n) is 3.30. The van der Waals surface area contributed by atoms with E-state index in [2.05, 4.69) is 5.32 Å². The Morgan fingerprint density at radius 1 is 1.30 bits per heavy atom. The highest BCUT2D eigenvalue weighted by molar-refractivity contribution is 7.98. The van der Waals surface area contributed by atoms with Crippen LogP contribution in [0.25, 0.3) is 0 Å². The van der Waals surface area contributed by atoms with Gasteiger partial charge >= 0.3 is 5.97 Å². The molecule has 0 aliphatic carbocycles. The average molecular weight is 477 g/mol. The number of hydrogen-bond donors (Lipinski definition) is 1. The van der Waals surface area contributed by atoms with Gasteiger partial charge in [0, 0.05) is 23.3 Å². The van der Waals surface area contributed by atoms with E-state index in [-0.39, 0.29) is 25.7 Å². The van der Waals surface area contributed by atoms with Crippen molar-refractivity contribution in [3.8, 4) is 11.5 Å². The van der Waals surface area contributed by atoms with Crippen LogP contribution in [0.5, 0.6) is 11.5 Å². The first-order valence-corrected chi connectivity index (χ1v) is 11.4. The van der Waals surface area contributed by atoms with Crippen LogP contribution >= 0.6 is 11.8 Å². The maximum atomic E-state index is 12.9. The Kier molecular flexibility index (Phi) is 8.50. The van der Waals surface area contributed by atoms with Crippen LogP contribution < -0.4 is 14.8 Å². The molecule has 1 heterocycles. The van der Waals surface area contributed by atoms with E-state index in [9.17, 15) is 19.7 Å². The van der Waals surface area contributed by atoms with E-state index >= 15 is 0 Å². The van der Waals surface area contributed by atoms with Gasteiger partial charge in [-0.3, -0.25) is 14.9 Å². The lowest BCUT2D eigenvalue weighted by molar-refractivity contribution is -0.385. The van der Waals surface area contributed by atoms with Gasteiger partial charge in [-0.2, -0.15) is 11.8 Å². The third-order valence-corrected chi connectivity index (χ3v) is 5.55. The molecule has 33 heavy (non-hydrogen) atoms. The Balaban J connectivity index is 1.75. The van der Waals surface area contributed by atoms with Crippen molar-refractivity contribution < 1.29 is 33.5 Å². The summed E-state index contributed by atoms with van der Waals surface area (Å²) in [5.41, 5.74) is 1.00. The first-order valence-electron chi connectivity index (χ1n) is 10.0. The monoisotopic (exact) mass is 476 g/mol. The van der Waals surface area contributed by atoms with Crippen LogP contribution in [-0.4, -0.2) is 48.8 Å². The van der Waals surface area contributed by atoms with Crippen molar-refractivity contribution in [3.05, 3.63) is 63.2 Å². The van der Waals surface area contributed by atoms with E-state index in [1.165, 1.54) is 31.0 Å². The van der Waals surface area contributed by atoms with Gasteiger partial charge in [0.1, 0.15) is 24.1 Å². The van der Waals surface area contributed by atoms with E-state index < -0.39 is 22.8 Å². The lowest BCUT2D eigenvalue weighted by Crippen LogP contribution is -2.42. The highest BCUT2D eigenvalue weighted by Gasteiger charge is 2.26. The van der Waals surface area contributed by atoms with E-state index in [4.69, 9.17) is 18.9 Å². The molecule has 0 fully saturated rings. The molecule has 2 aromatic carbocycles. The van der Waals surface area contributed by atoms with Gasteiger partial charge in [0.25, 0.3) is 11.6 Å². The summed E-state index contributed by atoms with van der Waals surface area (Å²) in [5, 5.41) is 14.0. The third kappa shape index (κ3) is 6.14. The molecule has 176 valence electrons. The number of hydrogen-bond acceptors (Lipinski definition) is 9. The number of nitrogens with zero attached hydrogens (tertiary/aromatic N) is 1. The summed E-state index contributed by atoms with van der Waals surface area (Å²) in [5.74, 6) is 0.273. The summed E-state index contributed by atoms with van der Waals surface area (Å²) in [6, 6.07) is 8.45. The number of ether oxygens (including phenoxy) is 4. The fourth-order valence-corrected chi connectivity index (χ4v) is 3.77. The van der Waals surface area contributed by atoms with Crippen molar-refractivity contribution in [3.63, 3.8) is 0 Å². The predicted octanol–water partition coefficient (Wildman–Crippen LogP) is 3.06. The zero-order valence-electron chi connectivity index (χ0n) is 18.2. The van der Waals surface area contributed by atoms with E-state index in [1.54, 1.807) is 24.3 Å². The smallest absolute Gasteiger partial charge is 0.329 e. The summed E-state index contributed by atoms with van der Waals surface area (Å²) in [6.45, 7) is -0.0938. The molecule has 0 saturated heterocycles. The molecule has 0 saturated carbocycles. The number of esters is 1. The molecule has 3 rings (SSSR count). The number of nitrogens with one attached hydrogen (secondary N) is 1. The number of rotatable bonds is 10. The predicted molar refractivity (Wildman–Crippen MR) is 120 cm³/mol. The molecule has 10 nitrogen and oxygen atoms in total. The van der Waals surface area contributed by atoms with Gasteiger partial charge in [0.15, 0.2) is 6.79 Å². The Morgan fingerprint density at radius 2 is 2.09 bits per heavy atom. The second-order valence-electron chi connectivity index (χ2n) is 7.08. The first-order chi connectivity index (χ1) is 15.9. The summed E-state index contributed by atoms with van der Waals surface area (Å²) < 4.78 is 21.3. The normalized spacial score (nSPS) is 13.3. The van der Waals surface area contributed by atoms with Gasteiger partial charge in [-0.05, 0) is 30.6 Å². The summed E-state index contributed by atoms with van der Waals surface area (Å²) >= 11 is 1.52. The number of thioether (sulfide) groups is 1. The van der Waals surface area contributed by atoms with Gasteiger partial charge in [-0.1, -0.05) is 12.1 Å². The van der Waals surface area contributed by atoms with Crippen molar-refractivity contribution in [1.29, 1.82) is 0 Å². The van der Waals surface area contributed by atoms with Crippen LogP contribution in [0.1, 0.15) is 27.9 Å². The first kappa shape index (κ1) is 24.3. The second-order valence-corrected chi connectivity index (χ2v) is 8.06. The van der Waals surface area contributed by atoms with Crippen molar-refractivity contribution >= 4 is 29.3 Å². The Morgan fingerprint density at radius 3 is 2.82 bits per heavy atom. The molecule has 11 heteroatoms. The molecule has 0 aromatic heterocycles. The lowest BCUT2D eigenvalue weighted by atomic mass is 10.1. The lowest BCUT2D eigenvalue weighted by Gasteiger charge is -2.21. The largest absolute Gasteiger partial charge is 0.496 e. The molecular formula is C22H24N2O8S. The number of non-ortho nitro benzene ring substituents is 1. The van der Waals surface area contributed by atoms with Crippen LogP contribution in [0, 0.1) is 10.1 Å². The van der Waals surface area contributed by atoms with Crippen LogP contribution in [-0.2, 0) is 27.5 Å². The molecule has 2 aromatic rings. The number of methoxy groups -OCH3 is 1. The number of amides is 1. The number of carbonyl (C=O) groups is 2. The highest BCUT2D eigenvalue weighted by atomic mass is 32.2. The molecule has 1 aliphatic heterocycles. The molecule has 0 bridgehead atoms. The van der Waals surface area contributed by atoms with Crippen LogP contribution in [0.15, 0.2) is 36.4 Å². The number of nitro benzene ring substituents is 1. The van der Waals surface area contributed by atoms with E-state index in [1.807, 2.05) is 6.26 Å². The van der Waals surface area contributed by atoms with Gasteiger partial charge < -0.3 is 24.3 Å². The van der Waals surface area contributed by atoms with Gasteiger partial charge in [-0.25, -0.2) is 4.79 Å². The van der Waals surface area contributed by atoms with Crippen molar-refractivity contribution in [2.45, 2.75) is 25.7 Å². The number of para-hydroxylation sites is 1. The molecule has 1 amide bonds. The van der Waals surface area contributed by atoms with Crippen LogP contribution in [0.3, 0.4) is 0 Å².